The Hall–Kier alpha value is -10.0. The molecular weight excluding hydrogens is 1250 g/mol. The molecule has 12 aromatic rings. The summed E-state index contributed by atoms with van der Waals surface area (Å²) in [5.41, 5.74) is 33.0. The van der Waals surface area contributed by atoms with E-state index in [1.807, 2.05) is 0 Å². The minimum Gasteiger partial charge on any atom is -0.208 e. The number of aromatic nitrogens is 6. The molecule has 7 aliphatic rings. The predicted octanol–water partition coefficient (Wildman–Crippen LogP) is 24.5. The Kier molecular flexibility index (Phi) is 14.7. The average molecular weight is 1340 g/mol. The summed E-state index contributed by atoms with van der Waals surface area (Å²) in [5.74, 6) is 4.22. The number of hydrogen-bond donors (Lipinski definition) is 0. The number of fused-ring (bicyclic) bond motifs is 13. The lowest BCUT2D eigenvalue weighted by atomic mass is 9.63. The van der Waals surface area contributed by atoms with E-state index in [1.54, 1.807) is 0 Å². The lowest BCUT2D eigenvalue weighted by Crippen LogP contribution is -2.33. The van der Waals surface area contributed by atoms with Gasteiger partial charge in [0.1, 0.15) is 0 Å². The third-order valence-corrected chi connectivity index (χ3v) is 26.0. The van der Waals surface area contributed by atoms with Crippen LogP contribution in [0.3, 0.4) is 0 Å². The molecular formula is C97H90N6. The van der Waals surface area contributed by atoms with Crippen LogP contribution in [0, 0.1) is 0 Å². The van der Waals surface area contributed by atoms with E-state index >= 15 is 0 Å². The molecule has 0 aliphatic heterocycles. The molecule has 7 aliphatic carbocycles. The second-order valence-corrected chi connectivity index (χ2v) is 34.0. The number of benzene rings is 10. The summed E-state index contributed by atoms with van der Waals surface area (Å²) in [6.45, 7) is 19.2. The monoisotopic (exact) mass is 1340 g/mol. The van der Waals surface area contributed by atoms with Gasteiger partial charge in [0.05, 0.1) is 0 Å². The second-order valence-electron chi connectivity index (χ2n) is 34.0. The Morgan fingerprint density at radius 2 is 0.592 bits per heavy atom. The zero-order valence-corrected chi connectivity index (χ0v) is 61.1. The molecule has 508 valence electrons. The zero-order valence-electron chi connectivity index (χ0n) is 61.1. The molecule has 0 bridgehead atoms. The Bertz CT molecular complexity index is 5510. The van der Waals surface area contributed by atoms with Gasteiger partial charge in [0.15, 0.2) is 34.9 Å². The maximum atomic E-state index is 5.51. The van der Waals surface area contributed by atoms with E-state index in [4.69, 9.17) is 29.9 Å². The zero-order chi connectivity index (χ0) is 69.8. The minimum atomic E-state index is -0.0864. The smallest absolute Gasteiger partial charge is 0.164 e. The topological polar surface area (TPSA) is 77.3 Å². The molecule has 6 nitrogen and oxygen atoms in total. The van der Waals surface area contributed by atoms with Gasteiger partial charge in [-0.05, 0) is 240 Å². The molecule has 0 saturated heterocycles. The third-order valence-electron chi connectivity index (χ3n) is 26.0. The van der Waals surface area contributed by atoms with Crippen LogP contribution in [0.15, 0.2) is 218 Å². The summed E-state index contributed by atoms with van der Waals surface area (Å²) < 4.78 is 0. The van der Waals surface area contributed by atoms with Crippen LogP contribution in [0.2, 0.25) is 0 Å². The van der Waals surface area contributed by atoms with Gasteiger partial charge in [-0.15, -0.1) is 0 Å². The second kappa shape index (κ2) is 23.8. The molecule has 0 N–H and O–H groups in total. The molecule has 2 aromatic heterocycles. The summed E-state index contributed by atoms with van der Waals surface area (Å²) in [7, 11) is 0. The molecule has 0 amide bonds. The third kappa shape index (κ3) is 10.5. The molecule has 2 saturated carbocycles. The molecule has 19 rings (SSSR count). The largest absolute Gasteiger partial charge is 0.208 e. The summed E-state index contributed by atoms with van der Waals surface area (Å²) in [5, 5.41) is 0. The summed E-state index contributed by atoms with van der Waals surface area (Å²) in [6.07, 6.45) is 19.8. The van der Waals surface area contributed by atoms with E-state index in [1.165, 1.54) is 145 Å². The van der Waals surface area contributed by atoms with Crippen molar-refractivity contribution in [3.63, 3.8) is 0 Å². The van der Waals surface area contributed by atoms with Crippen LogP contribution in [-0.4, -0.2) is 29.9 Å². The first-order valence-corrected chi connectivity index (χ1v) is 38.4. The highest BCUT2D eigenvalue weighted by Gasteiger charge is 2.47. The van der Waals surface area contributed by atoms with Crippen molar-refractivity contribution >= 4 is 5.57 Å². The van der Waals surface area contributed by atoms with Gasteiger partial charge in [-0.25, -0.2) is 29.9 Å². The molecule has 10 aromatic carbocycles. The van der Waals surface area contributed by atoms with Gasteiger partial charge in [0.2, 0.25) is 0 Å². The fourth-order valence-corrected chi connectivity index (χ4v) is 19.9. The fraction of sp³-hybridized carbons (Fsp3) is 0.299. The predicted molar refractivity (Wildman–Crippen MR) is 423 cm³/mol. The van der Waals surface area contributed by atoms with E-state index in [-0.39, 0.29) is 32.5 Å². The van der Waals surface area contributed by atoms with Crippen LogP contribution in [0.4, 0.5) is 0 Å². The van der Waals surface area contributed by atoms with Gasteiger partial charge in [-0.2, -0.15) is 0 Å². The quantitative estimate of drug-likeness (QED) is 0.143. The van der Waals surface area contributed by atoms with Crippen LogP contribution < -0.4 is 0 Å². The molecule has 2 fully saturated rings. The molecule has 0 radical (unpaired) electrons. The van der Waals surface area contributed by atoms with E-state index in [9.17, 15) is 0 Å². The average Bonchev–Trinajstić information content (AvgIpc) is 1.59. The molecule has 2 heterocycles. The highest BCUT2D eigenvalue weighted by Crippen LogP contribution is 2.60. The Balaban J connectivity index is 0.667. The van der Waals surface area contributed by atoms with E-state index in [0.29, 0.717) is 34.9 Å². The normalized spacial score (nSPS) is 18.4. The first-order valence-electron chi connectivity index (χ1n) is 38.4. The summed E-state index contributed by atoms with van der Waals surface area (Å²) in [4.78, 5) is 32.7. The van der Waals surface area contributed by atoms with Gasteiger partial charge < -0.3 is 0 Å². The first kappa shape index (κ1) is 63.9. The van der Waals surface area contributed by atoms with Gasteiger partial charge in [-0.3, -0.25) is 0 Å². The van der Waals surface area contributed by atoms with Crippen LogP contribution in [0.5, 0.6) is 0 Å². The van der Waals surface area contributed by atoms with Crippen molar-refractivity contribution in [2.75, 3.05) is 0 Å². The molecule has 103 heavy (non-hydrogen) atoms. The maximum Gasteiger partial charge on any atom is 0.164 e. The Morgan fingerprint density at radius 1 is 0.233 bits per heavy atom. The lowest BCUT2D eigenvalue weighted by Gasteiger charge is -2.42. The minimum absolute atomic E-state index is 0.0173. The van der Waals surface area contributed by atoms with Crippen molar-refractivity contribution < 1.29 is 0 Å². The van der Waals surface area contributed by atoms with Crippen molar-refractivity contribution in [1.29, 1.82) is 0 Å². The standard InChI is InChI=1S/C97H90N6/c1-92(2)49-51-94(5,6)84-58-70(38-43-80(84)92)90-99-86(98-88(102-90)68-35-40-75-74-28-12-13-30-78(74)96(82(75)56-68)45-14-9-15-46-96)62-33-31-60(32-34-62)63-23-18-24-64(53-63)65-37-42-79-77(55-65)76-41-36-69(57-83(76)97(79)47-16-17-48-97)89-100-87(67-26-19-25-66(54-67)73-29-20-22-61-21-10-11-27-72(61)73)101-91(103-89)71-39-44-81-85(59-71)95(7,8)52-50-93(81,3)4/h10-13,18-19,21,23-44,53-59H,9,14-17,20,22,45-52H2,1-8H3. The van der Waals surface area contributed by atoms with Gasteiger partial charge in [0.25, 0.3) is 0 Å². The maximum absolute atomic E-state index is 5.51. The van der Waals surface area contributed by atoms with Gasteiger partial charge in [0, 0.05) is 44.2 Å². The van der Waals surface area contributed by atoms with Crippen molar-refractivity contribution in [2.24, 2.45) is 0 Å². The molecule has 0 atom stereocenters. The van der Waals surface area contributed by atoms with Gasteiger partial charge in [-0.1, -0.05) is 263 Å². The summed E-state index contributed by atoms with van der Waals surface area (Å²) >= 11 is 0. The van der Waals surface area contributed by atoms with Crippen molar-refractivity contribution in [3.8, 4) is 113 Å². The van der Waals surface area contributed by atoms with Crippen molar-refractivity contribution in [2.45, 2.75) is 184 Å². The van der Waals surface area contributed by atoms with E-state index in [2.05, 4.69) is 274 Å². The highest BCUT2D eigenvalue weighted by atomic mass is 15.0. The van der Waals surface area contributed by atoms with Crippen LogP contribution in [0.1, 0.15) is 206 Å². The highest BCUT2D eigenvalue weighted by molar-refractivity contribution is 5.89. The molecule has 2 spiro atoms. The molecule has 0 unspecified atom stereocenters. The van der Waals surface area contributed by atoms with Crippen molar-refractivity contribution in [3.05, 3.63) is 280 Å². The van der Waals surface area contributed by atoms with Gasteiger partial charge >= 0.3 is 0 Å². The molecule has 6 heteroatoms. The number of allylic oxidation sites excluding steroid dienone is 1. The number of rotatable bonds is 9. The lowest BCUT2D eigenvalue weighted by molar-refractivity contribution is 0.332. The number of nitrogens with zero attached hydrogens (tertiary/aromatic N) is 6. The van der Waals surface area contributed by atoms with E-state index in [0.717, 1.165) is 95.9 Å². The Morgan fingerprint density at radius 3 is 1.16 bits per heavy atom. The van der Waals surface area contributed by atoms with E-state index < -0.39 is 0 Å². The number of aryl methyl sites for hydroxylation is 1. The Labute approximate surface area is 608 Å². The summed E-state index contributed by atoms with van der Waals surface area (Å²) in [6, 6.07) is 80.4. The van der Waals surface area contributed by atoms with Crippen LogP contribution in [0.25, 0.3) is 118 Å². The van der Waals surface area contributed by atoms with Crippen molar-refractivity contribution in [1.82, 2.24) is 29.9 Å². The van der Waals surface area contributed by atoms with Crippen LogP contribution >= 0.6 is 0 Å². The SMILES string of the molecule is CC1(C)CCC(C)(C)c2cc(-c3nc(-c4ccc(-c5cccc(-c6ccc7c(c6)-c6ccc(-c8nc(-c9cccc(C%10=CCCc%11ccccc%11%10)c9)nc(-c9ccc%10c(c9)C(C)(C)CCC%10(C)C)n8)cc6C76CCCC6)c5)cc4)nc(-c4ccc5c(c4)C4(CCCCC4)c4ccccc4-5)n3)ccc21. The first-order chi connectivity index (χ1) is 49.9. The van der Waals surface area contributed by atoms with Crippen LogP contribution in [-0.2, 0) is 38.9 Å². The number of hydrogen-bond acceptors (Lipinski definition) is 6. The fourth-order valence-electron chi connectivity index (χ4n) is 19.9.